The summed E-state index contributed by atoms with van der Waals surface area (Å²) in [7, 11) is 0. The first kappa shape index (κ1) is 17.7. The van der Waals surface area contributed by atoms with Crippen molar-refractivity contribution in [3.63, 3.8) is 0 Å². The topological polar surface area (TPSA) is 72.5 Å². The molecule has 0 aliphatic carbocycles. The Morgan fingerprint density at radius 3 is 2.57 bits per heavy atom. The Bertz CT molecular complexity index is 365. The van der Waals surface area contributed by atoms with E-state index < -0.39 is 12.0 Å². The van der Waals surface area contributed by atoms with Crippen LogP contribution in [0.5, 0.6) is 0 Å². The number of carbonyl (C=O) groups excluding carboxylic acids is 3. The van der Waals surface area contributed by atoms with Crippen LogP contribution in [-0.4, -0.2) is 30.3 Å². The maximum Gasteiger partial charge on any atom is 0.328 e. The molecule has 5 heteroatoms. The van der Waals surface area contributed by atoms with Gasteiger partial charge in [0.25, 0.3) is 0 Å². The number of nitrogens with one attached hydrogen (secondary N) is 1. The van der Waals surface area contributed by atoms with Crippen LogP contribution in [0.4, 0.5) is 0 Å². The highest BCUT2D eigenvalue weighted by Crippen LogP contribution is 2.11. The van der Waals surface area contributed by atoms with Gasteiger partial charge in [-0.15, -0.1) is 0 Å². The van der Waals surface area contributed by atoms with Crippen molar-refractivity contribution in [2.45, 2.75) is 71.3 Å². The summed E-state index contributed by atoms with van der Waals surface area (Å²) in [5.74, 6) is -0.0926. The van der Waals surface area contributed by atoms with Crippen LogP contribution >= 0.6 is 0 Å². The van der Waals surface area contributed by atoms with Crippen molar-refractivity contribution in [2.75, 3.05) is 6.61 Å². The van der Waals surface area contributed by atoms with E-state index in [9.17, 15) is 14.4 Å². The monoisotopic (exact) mass is 297 g/mol. The lowest BCUT2D eigenvalue weighted by atomic mass is 10.0. The van der Waals surface area contributed by atoms with E-state index in [1.165, 1.54) is 12.8 Å². The van der Waals surface area contributed by atoms with Crippen molar-refractivity contribution in [3.8, 4) is 0 Å². The predicted octanol–water partition coefficient (Wildman–Crippen LogP) is 2.37. The summed E-state index contributed by atoms with van der Waals surface area (Å²) in [6, 6.07) is -0.568. The van der Waals surface area contributed by atoms with Crippen molar-refractivity contribution in [3.05, 3.63) is 0 Å². The van der Waals surface area contributed by atoms with Gasteiger partial charge in [-0.3, -0.25) is 9.59 Å². The summed E-state index contributed by atoms with van der Waals surface area (Å²) in [5, 5.41) is 2.55. The molecule has 0 saturated carbocycles. The van der Waals surface area contributed by atoms with E-state index in [-0.39, 0.29) is 18.1 Å². The first-order valence-electron chi connectivity index (χ1n) is 7.96. The highest BCUT2D eigenvalue weighted by atomic mass is 16.5. The van der Waals surface area contributed by atoms with Gasteiger partial charge in [-0.2, -0.15) is 0 Å². The predicted molar refractivity (Wildman–Crippen MR) is 79.7 cm³/mol. The third-order valence-corrected chi connectivity index (χ3v) is 3.62. The molecule has 1 fully saturated rings. The van der Waals surface area contributed by atoms with Gasteiger partial charge in [0, 0.05) is 12.8 Å². The minimum Gasteiger partial charge on any atom is -0.464 e. The molecule has 1 aliphatic heterocycles. The molecule has 0 aromatic heterocycles. The number of Topliss-reactive ketones (excluding diaryl/α,β-unsaturated/α-hetero) is 1. The van der Waals surface area contributed by atoms with Gasteiger partial charge in [-0.25, -0.2) is 4.79 Å². The van der Waals surface area contributed by atoms with Crippen LogP contribution < -0.4 is 5.32 Å². The number of unbranched alkanes of at least 4 members (excludes halogenated alkanes) is 3. The van der Waals surface area contributed by atoms with Crippen LogP contribution in [0.2, 0.25) is 0 Å². The lowest BCUT2D eigenvalue weighted by Crippen LogP contribution is -2.38. The molecule has 1 heterocycles. The molecule has 5 nitrogen and oxygen atoms in total. The van der Waals surface area contributed by atoms with E-state index in [1.54, 1.807) is 0 Å². The van der Waals surface area contributed by atoms with Crippen LogP contribution in [0, 0.1) is 5.92 Å². The van der Waals surface area contributed by atoms with Crippen LogP contribution in [0.1, 0.15) is 65.2 Å². The molecular formula is C16H27NO4. The van der Waals surface area contributed by atoms with Gasteiger partial charge in [0.05, 0.1) is 13.0 Å². The molecule has 0 bridgehead atoms. The molecule has 1 rings (SSSR count). The quantitative estimate of drug-likeness (QED) is 0.382. The van der Waals surface area contributed by atoms with E-state index in [0.29, 0.717) is 19.4 Å². The van der Waals surface area contributed by atoms with E-state index in [4.69, 9.17) is 4.74 Å². The normalized spacial score (nSPS) is 17.9. The SMILES string of the molecule is CC(C)CCCCCCC(=O)CC(=O)N[C@H]1CCOC1=O. The Labute approximate surface area is 126 Å². The molecule has 0 unspecified atom stereocenters. The molecule has 0 aromatic carbocycles. The zero-order valence-corrected chi connectivity index (χ0v) is 13.2. The van der Waals surface area contributed by atoms with E-state index in [2.05, 4.69) is 19.2 Å². The van der Waals surface area contributed by atoms with E-state index >= 15 is 0 Å². The third-order valence-electron chi connectivity index (χ3n) is 3.62. The smallest absolute Gasteiger partial charge is 0.328 e. The standard InChI is InChI=1S/C16H27NO4/c1-12(2)7-5-3-4-6-8-13(18)11-15(19)17-14-9-10-21-16(14)20/h12,14H,3-11H2,1-2H3,(H,17,19)/t14-/m0/s1. The number of ketones is 1. The molecule has 1 N–H and O–H groups in total. The number of esters is 1. The number of hydrogen-bond acceptors (Lipinski definition) is 4. The summed E-state index contributed by atoms with van der Waals surface area (Å²) in [6.07, 6.45) is 6.27. The second kappa shape index (κ2) is 9.53. The second-order valence-corrected chi connectivity index (χ2v) is 6.14. The molecular weight excluding hydrogens is 270 g/mol. The Kier molecular flexibility index (Phi) is 8.01. The molecule has 120 valence electrons. The maximum atomic E-state index is 11.7. The molecule has 0 aromatic rings. The fraction of sp³-hybridized carbons (Fsp3) is 0.812. The van der Waals surface area contributed by atoms with Crippen molar-refractivity contribution in [1.29, 1.82) is 0 Å². The van der Waals surface area contributed by atoms with E-state index in [0.717, 1.165) is 25.2 Å². The largest absolute Gasteiger partial charge is 0.464 e. The lowest BCUT2D eigenvalue weighted by molar-refractivity contribution is -0.142. The molecule has 0 spiro atoms. The van der Waals surface area contributed by atoms with Gasteiger partial charge >= 0.3 is 5.97 Å². The Morgan fingerprint density at radius 1 is 1.24 bits per heavy atom. The Hall–Kier alpha value is -1.39. The van der Waals surface area contributed by atoms with Crippen molar-refractivity contribution < 1.29 is 19.1 Å². The second-order valence-electron chi connectivity index (χ2n) is 6.14. The summed E-state index contributed by atoms with van der Waals surface area (Å²) < 4.78 is 4.75. The summed E-state index contributed by atoms with van der Waals surface area (Å²) >= 11 is 0. The number of hydrogen-bond donors (Lipinski definition) is 1. The van der Waals surface area contributed by atoms with Crippen molar-refractivity contribution >= 4 is 17.7 Å². The first-order chi connectivity index (χ1) is 9.99. The molecule has 0 radical (unpaired) electrons. The molecule has 21 heavy (non-hydrogen) atoms. The minimum atomic E-state index is -0.568. The lowest BCUT2D eigenvalue weighted by Gasteiger charge is -2.08. The summed E-state index contributed by atoms with van der Waals surface area (Å²) in [5.41, 5.74) is 0. The van der Waals surface area contributed by atoms with Gasteiger partial charge in [-0.05, 0) is 12.3 Å². The van der Waals surface area contributed by atoms with E-state index in [1.807, 2.05) is 0 Å². The van der Waals surface area contributed by atoms with Gasteiger partial charge in [-0.1, -0.05) is 39.5 Å². The third kappa shape index (κ3) is 7.83. The van der Waals surface area contributed by atoms with Crippen LogP contribution in [-0.2, 0) is 19.1 Å². The minimum absolute atomic E-state index is 0.0530. The van der Waals surface area contributed by atoms with Gasteiger partial charge in [0.15, 0.2) is 0 Å². The van der Waals surface area contributed by atoms with Crippen LogP contribution in [0.25, 0.3) is 0 Å². The highest BCUT2D eigenvalue weighted by molar-refractivity contribution is 5.99. The van der Waals surface area contributed by atoms with Crippen LogP contribution in [0.3, 0.4) is 0 Å². The van der Waals surface area contributed by atoms with Crippen molar-refractivity contribution in [2.24, 2.45) is 5.92 Å². The average Bonchev–Trinajstić information content (AvgIpc) is 2.78. The highest BCUT2D eigenvalue weighted by Gasteiger charge is 2.28. The zero-order chi connectivity index (χ0) is 15.7. The van der Waals surface area contributed by atoms with Crippen molar-refractivity contribution in [1.82, 2.24) is 5.32 Å². The average molecular weight is 297 g/mol. The number of carbonyl (C=O) groups is 3. The molecule has 1 aliphatic rings. The number of rotatable bonds is 10. The fourth-order valence-electron chi connectivity index (χ4n) is 2.37. The maximum absolute atomic E-state index is 11.7. The van der Waals surface area contributed by atoms with Gasteiger partial charge in [0.1, 0.15) is 11.8 Å². The summed E-state index contributed by atoms with van der Waals surface area (Å²) in [4.78, 5) is 34.5. The van der Waals surface area contributed by atoms with Crippen LogP contribution in [0.15, 0.2) is 0 Å². The fourth-order valence-corrected chi connectivity index (χ4v) is 2.37. The Balaban J connectivity index is 2.04. The van der Waals surface area contributed by atoms with Gasteiger partial charge < -0.3 is 10.1 Å². The molecule has 1 saturated heterocycles. The Morgan fingerprint density at radius 2 is 1.95 bits per heavy atom. The number of cyclic esters (lactones) is 1. The zero-order valence-electron chi connectivity index (χ0n) is 13.2. The number of amides is 1. The molecule has 1 amide bonds. The molecule has 1 atom stereocenters. The first-order valence-corrected chi connectivity index (χ1v) is 7.96. The summed E-state index contributed by atoms with van der Waals surface area (Å²) in [6.45, 7) is 4.76. The van der Waals surface area contributed by atoms with Gasteiger partial charge in [0.2, 0.25) is 5.91 Å². The number of ether oxygens (including phenoxy) is 1.